The highest BCUT2D eigenvalue weighted by Crippen LogP contribution is 2.34. The average molecular weight is 452 g/mol. The van der Waals surface area contributed by atoms with E-state index >= 15 is 0 Å². The number of nitrogens with zero attached hydrogens (tertiary/aromatic N) is 3. The number of hydrogen-bond donors (Lipinski definition) is 1. The van der Waals surface area contributed by atoms with E-state index in [9.17, 15) is 5.11 Å². The van der Waals surface area contributed by atoms with Gasteiger partial charge in [0, 0.05) is 32.2 Å². The van der Waals surface area contributed by atoms with Crippen molar-refractivity contribution >= 4 is 0 Å². The van der Waals surface area contributed by atoms with Crippen LogP contribution >= 0.6 is 0 Å². The minimum absolute atomic E-state index is 0.350. The zero-order chi connectivity index (χ0) is 23.8. The van der Waals surface area contributed by atoms with Crippen LogP contribution in [0.3, 0.4) is 0 Å². The minimum atomic E-state index is -0.350. The fraction of sp³-hybridized carbons (Fsp3) is 0.444. The minimum Gasteiger partial charge on any atom is -0.497 e. The Kier molecular flexibility index (Phi) is 8.92. The Hall–Kier alpha value is -2.83. The Morgan fingerprint density at radius 3 is 2.27 bits per heavy atom. The molecule has 0 aliphatic carbocycles. The predicted molar refractivity (Wildman–Crippen MR) is 133 cm³/mol. The lowest BCUT2D eigenvalue weighted by molar-refractivity contribution is 0.0940. The number of benzene rings is 2. The summed E-state index contributed by atoms with van der Waals surface area (Å²) in [6, 6.07) is 17.8. The molecule has 1 unspecified atom stereocenters. The third-order valence-corrected chi connectivity index (χ3v) is 5.51. The Balaban J connectivity index is 1.99. The van der Waals surface area contributed by atoms with E-state index in [-0.39, 0.29) is 6.10 Å². The first-order chi connectivity index (χ1) is 15.9. The monoisotopic (exact) mass is 451 g/mol. The van der Waals surface area contributed by atoms with E-state index < -0.39 is 0 Å². The number of rotatable bonds is 12. The number of methoxy groups -OCH3 is 1. The number of aromatic nitrogens is 2. The molecule has 0 amide bonds. The Bertz CT molecular complexity index is 984. The third-order valence-electron chi connectivity index (χ3n) is 5.51. The molecule has 6 nitrogen and oxygen atoms in total. The highest BCUT2D eigenvalue weighted by molar-refractivity contribution is 5.65. The summed E-state index contributed by atoms with van der Waals surface area (Å²) in [6.07, 6.45) is 1.41. The van der Waals surface area contributed by atoms with E-state index in [0.29, 0.717) is 24.9 Å². The lowest BCUT2D eigenvalue weighted by atomic mass is 10.1. The summed E-state index contributed by atoms with van der Waals surface area (Å²) >= 11 is 0. The molecule has 0 aliphatic heterocycles. The van der Waals surface area contributed by atoms with Crippen LogP contribution in [0.2, 0.25) is 0 Å². The van der Waals surface area contributed by atoms with Gasteiger partial charge in [-0.15, -0.1) is 0 Å². The lowest BCUT2D eigenvalue weighted by Crippen LogP contribution is -2.34. The van der Waals surface area contributed by atoms with Gasteiger partial charge in [0.05, 0.1) is 18.8 Å². The number of hydrogen-bond acceptors (Lipinski definition) is 5. The van der Waals surface area contributed by atoms with Crippen LogP contribution in [0.4, 0.5) is 0 Å². The van der Waals surface area contributed by atoms with Crippen molar-refractivity contribution in [3.8, 4) is 28.6 Å². The molecule has 1 aromatic heterocycles. The van der Waals surface area contributed by atoms with Crippen molar-refractivity contribution in [3.05, 3.63) is 60.2 Å². The zero-order valence-corrected chi connectivity index (χ0v) is 20.5. The smallest absolute Gasteiger partial charge is 0.222 e. The van der Waals surface area contributed by atoms with E-state index in [1.807, 2.05) is 49.5 Å². The van der Waals surface area contributed by atoms with Crippen LogP contribution in [0.5, 0.6) is 17.4 Å². The summed E-state index contributed by atoms with van der Waals surface area (Å²) < 4.78 is 13.4. The zero-order valence-electron chi connectivity index (χ0n) is 20.5. The first kappa shape index (κ1) is 24.8. The van der Waals surface area contributed by atoms with E-state index in [1.54, 1.807) is 11.8 Å². The van der Waals surface area contributed by atoms with Crippen LogP contribution in [-0.4, -0.2) is 46.1 Å². The van der Waals surface area contributed by atoms with Crippen molar-refractivity contribution in [1.29, 1.82) is 0 Å². The average Bonchev–Trinajstić information content (AvgIpc) is 3.09. The summed E-state index contributed by atoms with van der Waals surface area (Å²) in [4.78, 5) is 2.31. The van der Waals surface area contributed by atoms with Crippen LogP contribution in [-0.2, 0) is 13.6 Å². The molecule has 1 atom stereocenters. The molecule has 3 rings (SSSR count). The maximum absolute atomic E-state index is 10.6. The molecule has 0 fully saturated rings. The molecule has 178 valence electrons. The molecular formula is C27H37N3O3. The Morgan fingerprint density at radius 2 is 1.67 bits per heavy atom. The number of ether oxygens (including phenoxy) is 2. The molecule has 0 bridgehead atoms. The van der Waals surface area contributed by atoms with Crippen molar-refractivity contribution in [2.24, 2.45) is 13.0 Å². The number of aliphatic hydroxyl groups excluding tert-OH is 1. The highest BCUT2D eigenvalue weighted by Gasteiger charge is 2.23. The van der Waals surface area contributed by atoms with Crippen molar-refractivity contribution in [3.63, 3.8) is 0 Å². The van der Waals surface area contributed by atoms with Gasteiger partial charge in [-0.2, -0.15) is 5.10 Å². The van der Waals surface area contributed by atoms with Crippen LogP contribution in [0.15, 0.2) is 54.6 Å². The van der Waals surface area contributed by atoms with Crippen molar-refractivity contribution in [2.45, 2.75) is 46.3 Å². The van der Waals surface area contributed by atoms with E-state index in [1.165, 1.54) is 0 Å². The normalized spacial score (nSPS) is 12.4. The van der Waals surface area contributed by atoms with Gasteiger partial charge in [-0.25, -0.2) is 4.68 Å². The lowest BCUT2D eigenvalue weighted by Gasteiger charge is -2.27. The van der Waals surface area contributed by atoms with Crippen LogP contribution in [0.25, 0.3) is 11.3 Å². The molecule has 2 aromatic carbocycles. The number of aliphatic hydroxyl groups is 1. The quantitative estimate of drug-likeness (QED) is 0.394. The summed E-state index contributed by atoms with van der Waals surface area (Å²) in [5.74, 6) is 2.69. The van der Waals surface area contributed by atoms with Crippen molar-refractivity contribution < 1.29 is 14.6 Å². The second-order valence-electron chi connectivity index (χ2n) is 8.93. The second kappa shape index (κ2) is 11.9. The molecule has 0 saturated carbocycles. The van der Waals surface area contributed by atoms with Gasteiger partial charge >= 0.3 is 0 Å². The molecule has 3 aromatic rings. The molecule has 1 heterocycles. The fourth-order valence-electron chi connectivity index (χ4n) is 4.07. The first-order valence-electron chi connectivity index (χ1n) is 11.7. The van der Waals surface area contributed by atoms with Gasteiger partial charge in [-0.1, -0.05) is 57.5 Å². The molecule has 0 radical (unpaired) electrons. The van der Waals surface area contributed by atoms with Crippen LogP contribution in [0, 0.1) is 5.92 Å². The summed E-state index contributed by atoms with van der Waals surface area (Å²) in [6.45, 7) is 8.65. The van der Waals surface area contributed by atoms with E-state index in [2.05, 4.69) is 37.8 Å². The summed E-state index contributed by atoms with van der Waals surface area (Å²) in [5, 5.41) is 15.4. The third kappa shape index (κ3) is 6.83. The summed E-state index contributed by atoms with van der Waals surface area (Å²) in [7, 11) is 3.56. The second-order valence-corrected chi connectivity index (χ2v) is 8.93. The molecular weight excluding hydrogens is 414 g/mol. The van der Waals surface area contributed by atoms with Gasteiger partial charge in [-0.3, -0.25) is 4.90 Å². The predicted octanol–water partition coefficient (Wildman–Crippen LogP) is 5.51. The SMILES string of the molecule is CCCC(O)CN(Cc1c(-c2ccccc2)nn(C)c1Oc1ccc(OC)cc1)CC(C)C. The van der Waals surface area contributed by atoms with Gasteiger partial charge in [0.15, 0.2) is 0 Å². The molecule has 33 heavy (non-hydrogen) atoms. The summed E-state index contributed by atoms with van der Waals surface area (Å²) in [5.41, 5.74) is 2.97. The first-order valence-corrected chi connectivity index (χ1v) is 11.7. The standard InChI is InChI=1S/C27H37N3O3/c1-6-10-22(31)18-30(17-20(2)3)19-25-26(21-11-8-7-9-12-21)28-29(4)27(25)33-24-15-13-23(32-5)14-16-24/h7-9,11-16,20,22,31H,6,10,17-19H2,1-5H3. The molecule has 0 aliphatic rings. The maximum atomic E-state index is 10.6. The van der Waals surface area contributed by atoms with Gasteiger partial charge < -0.3 is 14.6 Å². The fourth-order valence-corrected chi connectivity index (χ4v) is 4.07. The van der Waals surface area contributed by atoms with Crippen molar-refractivity contribution in [1.82, 2.24) is 14.7 Å². The molecule has 0 spiro atoms. The van der Waals surface area contributed by atoms with Crippen LogP contribution < -0.4 is 9.47 Å². The van der Waals surface area contributed by atoms with Crippen LogP contribution in [0.1, 0.15) is 39.2 Å². The number of aryl methyl sites for hydroxylation is 1. The molecule has 6 heteroatoms. The largest absolute Gasteiger partial charge is 0.497 e. The van der Waals surface area contributed by atoms with Gasteiger partial charge in [0.2, 0.25) is 5.88 Å². The Labute approximate surface area is 197 Å². The topological polar surface area (TPSA) is 59.8 Å². The maximum Gasteiger partial charge on any atom is 0.222 e. The van der Waals surface area contributed by atoms with Crippen molar-refractivity contribution in [2.75, 3.05) is 20.2 Å². The van der Waals surface area contributed by atoms with Gasteiger partial charge in [0.1, 0.15) is 17.2 Å². The van der Waals surface area contributed by atoms with Gasteiger partial charge in [0.25, 0.3) is 0 Å². The molecule has 0 saturated heterocycles. The van der Waals surface area contributed by atoms with E-state index in [4.69, 9.17) is 14.6 Å². The Morgan fingerprint density at radius 1 is 1.00 bits per heavy atom. The van der Waals surface area contributed by atoms with E-state index in [0.717, 1.165) is 47.7 Å². The van der Waals surface area contributed by atoms with Gasteiger partial charge in [-0.05, 0) is 36.6 Å². The molecule has 1 N–H and O–H groups in total. The highest BCUT2D eigenvalue weighted by atomic mass is 16.5.